The zero-order chi connectivity index (χ0) is 19.2. The Morgan fingerprint density at radius 3 is 2.59 bits per heavy atom. The second-order valence-corrected chi connectivity index (χ2v) is 6.73. The molecule has 27 heavy (non-hydrogen) atoms. The van der Waals surface area contributed by atoms with Crippen LogP contribution in [0.15, 0.2) is 54.6 Å². The monoisotopic (exact) mass is 367 g/mol. The Kier molecular flexibility index (Phi) is 6.08. The molecule has 1 saturated heterocycles. The number of amides is 3. The number of carbonyl (C=O) groups is 2. The molecule has 6 nitrogen and oxygen atoms in total. The van der Waals surface area contributed by atoms with Crippen LogP contribution in [0.4, 0.5) is 4.79 Å². The third kappa shape index (κ3) is 4.86. The van der Waals surface area contributed by atoms with Crippen molar-refractivity contribution in [2.75, 3.05) is 19.7 Å². The van der Waals surface area contributed by atoms with Crippen molar-refractivity contribution in [1.82, 2.24) is 10.2 Å². The van der Waals surface area contributed by atoms with Crippen LogP contribution >= 0.6 is 0 Å². The van der Waals surface area contributed by atoms with Gasteiger partial charge in [0, 0.05) is 6.54 Å². The van der Waals surface area contributed by atoms with Gasteiger partial charge in [0.15, 0.2) is 0 Å². The SMILES string of the molecule is Cc1ccccc1[C@@H](CC(=O)N1CCO[C@H](c2ccccc2)C1)NC(N)=O. The third-order valence-electron chi connectivity index (χ3n) is 4.85. The molecule has 0 aliphatic carbocycles. The molecule has 6 heteroatoms. The van der Waals surface area contributed by atoms with Gasteiger partial charge in [0.25, 0.3) is 0 Å². The molecule has 0 saturated carbocycles. The first kappa shape index (κ1) is 18.9. The predicted octanol–water partition coefficient (Wildman–Crippen LogP) is 2.69. The number of urea groups is 1. The first-order chi connectivity index (χ1) is 13.0. The van der Waals surface area contributed by atoms with Gasteiger partial charge >= 0.3 is 6.03 Å². The molecule has 0 unspecified atom stereocenters. The van der Waals surface area contributed by atoms with Gasteiger partial charge in [-0.2, -0.15) is 0 Å². The molecule has 0 aromatic heterocycles. The Hall–Kier alpha value is -2.86. The zero-order valence-corrected chi connectivity index (χ0v) is 15.4. The second-order valence-electron chi connectivity index (χ2n) is 6.73. The van der Waals surface area contributed by atoms with Crippen LogP contribution in [0.1, 0.15) is 35.3 Å². The summed E-state index contributed by atoms with van der Waals surface area (Å²) in [6.07, 6.45) is 0.0277. The molecule has 1 aliphatic heterocycles. The van der Waals surface area contributed by atoms with Crippen LogP contribution in [0.2, 0.25) is 0 Å². The van der Waals surface area contributed by atoms with Crippen LogP contribution in [0.3, 0.4) is 0 Å². The van der Waals surface area contributed by atoms with Crippen LogP contribution < -0.4 is 11.1 Å². The number of rotatable bonds is 5. The van der Waals surface area contributed by atoms with Crippen molar-refractivity contribution in [2.45, 2.75) is 25.5 Å². The van der Waals surface area contributed by atoms with Gasteiger partial charge in [-0.1, -0.05) is 54.6 Å². The van der Waals surface area contributed by atoms with Crippen molar-refractivity contribution in [2.24, 2.45) is 5.73 Å². The van der Waals surface area contributed by atoms with E-state index in [1.165, 1.54) is 0 Å². The number of carbonyl (C=O) groups excluding carboxylic acids is 2. The number of nitrogens with one attached hydrogen (secondary N) is 1. The van der Waals surface area contributed by atoms with Crippen molar-refractivity contribution in [1.29, 1.82) is 0 Å². The Balaban J connectivity index is 1.71. The van der Waals surface area contributed by atoms with Gasteiger partial charge in [0.05, 0.1) is 25.6 Å². The number of benzene rings is 2. The largest absolute Gasteiger partial charge is 0.370 e. The summed E-state index contributed by atoms with van der Waals surface area (Å²) in [6, 6.07) is 16.5. The summed E-state index contributed by atoms with van der Waals surface area (Å²) < 4.78 is 5.83. The fourth-order valence-corrected chi connectivity index (χ4v) is 3.44. The predicted molar refractivity (Wildman–Crippen MR) is 103 cm³/mol. The van der Waals surface area contributed by atoms with E-state index in [1.807, 2.05) is 61.5 Å². The lowest BCUT2D eigenvalue weighted by Crippen LogP contribution is -2.44. The van der Waals surface area contributed by atoms with Gasteiger partial charge in [-0.3, -0.25) is 4.79 Å². The lowest BCUT2D eigenvalue weighted by atomic mass is 9.98. The Bertz CT molecular complexity index is 794. The van der Waals surface area contributed by atoms with Crippen LogP contribution in [-0.4, -0.2) is 36.5 Å². The molecule has 142 valence electrons. The summed E-state index contributed by atoms with van der Waals surface area (Å²) >= 11 is 0. The summed E-state index contributed by atoms with van der Waals surface area (Å²) in [5.74, 6) is -0.0266. The highest BCUT2D eigenvalue weighted by atomic mass is 16.5. The van der Waals surface area contributed by atoms with Gasteiger partial charge in [0.1, 0.15) is 6.10 Å². The molecule has 0 radical (unpaired) electrons. The molecule has 2 aromatic rings. The van der Waals surface area contributed by atoms with E-state index < -0.39 is 12.1 Å². The molecular formula is C21H25N3O3. The van der Waals surface area contributed by atoms with Gasteiger partial charge in [-0.05, 0) is 23.6 Å². The van der Waals surface area contributed by atoms with Crippen molar-refractivity contribution >= 4 is 11.9 Å². The van der Waals surface area contributed by atoms with Crippen molar-refractivity contribution in [3.8, 4) is 0 Å². The Labute approximate surface area is 159 Å². The maximum absolute atomic E-state index is 12.9. The topological polar surface area (TPSA) is 84.7 Å². The Morgan fingerprint density at radius 1 is 1.19 bits per heavy atom. The molecule has 1 aliphatic rings. The first-order valence-corrected chi connectivity index (χ1v) is 9.10. The van der Waals surface area contributed by atoms with Crippen LogP contribution in [0.5, 0.6) is 0 Å². The Morgan fingerprint density at radius 2 is 1.89 bits per heavy atom. The van der Waals surface area contributed by atoms with E-state index in [1.54, 1.807) is 4.90 Å². The van der Waals surface area contributed by atoms with E-state index in [4.69, 9.17) is 10.5 Å². The average molecular weight is 367 g/mol. The third-order valence-corrected chi connectivity index (χ3v) is 4.85. The van der Waals surface area contributed by atoms with Gasteiger partial charge in [0.2, 0.25) is 5.91 Å². The molecule has 1 fully saturated rings. The number of hydrogen-bond acceptors (Lipinski definition) is 3. The molecule has 0 bridgehead atoms. The van der Waals surface area contributed by atoms with E-state index in [-0.39, 0.29) is 18.4 Å². The fourth-order valence-electron chi connectivity index (χ4n) is 3.44. The molecule has 3 amide bonds. The van der Waals surface area contributed by atoms with Gasteiger partial charge in [-0.25, -0.2) is 4.79 Å². The maximum Gasteiger partial charge on any atom is 0.312 e. The first-order valence-electron chi connectivity index (χ1n) is 9.10. The van der Waals surface area contributed by atoms with Gasteiger partial charge < -0.3 is 20.7 Å². The molecule has 0 spiro atoms. The normalized spacial score (nSPS) is 18.0. The highest BCUT2D eigenvalue weighted by Crippen LogP contribution is 2.25. The van der Waals surface area contributed by atoms with E-state index in [9.17, 15) is 9.59 Å². The second kappa shape index (κ2) is 8.68. The maximum atomic E-state index is 12.9. The number of morpholine rings is 1. The van der Waals surface area contributed by atoms with E-state index in [0.29, 0.717) is 19.7 Å². The standard InChI is InChI=1S/C21H25N3O3/c1-15-7-5-6-10-17(15)18(23-21(22)26)13-20(25)24-11-12-27-19(14-24)16-8-3-2-4-9-16/h2-10,18-19H,11-14H2,1H3,(H3,22,23,26)/t18-,19+/m1/s1. The molecule has 2 aromatic carbocycles. The summed E-state index contributed by atoms with van der Waals surface area (Å²) in [5, 5.41) is 2.71. The summed E-state index contributed by atoms with van der Waals surface area (Å²) in [6.45, 7) is 3.48. The quantitative estimate of drug-likeness (QED) is 0.852. The average Bonchev–Trinajstić information content (AvgIpc) is 2.68. The lowest BCUT2D eigenvalue weighted by molar-refractivity contribution is -0.139. The molecular weight excluding hydrogens is 342 g/mol. The highest BCUT2D eigenvalue weighted by molar-refractivity contribution is 5.79. The fraction of sp³-hybridized carbons (Fsp3) is 0.333. The number of ether oxygens (including phenoxy) is 1. The van der Waals surface area contributed by atoms with E-state index in [2.05, 4.69) is 5.32 Å². The number of nitrogens with two attached hydrogens (primary N) is 1. The van der Waals surface area contributed by atoms with Crippen molar-refractivity contribution in [3.63, 3.8) is 0 Å². The summed E-state index contributed by atoms with van der Waals surface area (Å²) in [5.41, 5.74) is 8.30. The smallest absolute Gasteiger partial charge is 0.312 e. The molecule has 3 N–H and O–H groups in total. The number of hydrogen-bond donors (Lipinski definition) is 2. The number of primary amides is 1. The van der Waals surface area contributed by atoms with Gasteiger partial charge in [-0.15, -0.1) is 0 Å². The number of aryl methyl sites for hydroxylation is 1. The minimum atomic E-state index is -0.639. The zero-order valence-electron chi connectivity index (χ0n) is 15.4. The van der Waals surface area contributed by atoms with E-state index in [0.717, 1.165) is 16.7 Å². The minimum absolute atomic E-state index is 0.0266. The highest BCUT2D eigenvalue weighted by Gasteiger charge is 2.28. The summed E-state index contributed by atoms with van der Waals surface area (Å²) in [7, 11) is 0. The molecule has 2 atom stereocenters. The summed E-state index contributed by atoms with van der Waals surface area (Å²) in [4.78, 5) is 26.2. The van der Waals surface area contributed by atoms with Crippen LogP contribution in [-0.2, 0) is 9.53 Å². The van der Waals surface area contributed by atoms with Crippen LogP contribution in [0.25, 0.3) is 0 Å². The van der Waals surface area contributed by atoms with Crippen LogP contribution in [0, 0.1) is 6.92 Å². The minimum Gasteiger partial charge on any atom is -0.370 e. The molecule has 3 rings (SSSR count). The van der Waals surface area contributed by atoms with E-state index >= 15 is 0 Å². The lowest BCUT2D eigenvalue weighted by Gasteiger charge is -2.34. The molecule has 1 heterocycles. The van der Waals surface area contributed by atoms with Crippen molar-refractivity contribution < 1.29 is 14.3 Å². The van der Waals surface area contributed by atoms with Crippen molar-refractivity contribution in [3.05, 3.63) is 71.3 Å². The number of nitrogens with zero attached hydrogens (tertiary/aromatic N) is 1.